The van der Waals surface area contributed by atoms with Crippen molar-refractivity contribution in [2.75, 3.05) is 18.9 Å². The second-order valence-corrected chi connectivity index (χ2v) is 8.48. The van der Waals surface area contributed by atoms with E-state index in [1.54, 1.807) is 25.4 Å². The van der Waals surface area contributed by atoms with Crippen molar-refractivity contribution in [3.8, 4) is 11.4 Å². The number of nitrogens with zero attached hydrogens (tertiary/aromatic N) is 5. The molecule has 1 aromatic carbocycles. The number of likely N-dealkylation sites (N-methyl/N-ethyl adjacent to an activating group) is 1. The molecule has 1 saturated carbocycles. The molecule has 0 atom stereocenters. The molecule has 4 rings (SSSR count). The zero-order chi connectivity index (χ0) is 24.1. The monoisotopic (exact) mass is 466 g/mol. The van der Waals surface area contributed by atoms with Crippen molar-refractivity contribution in [3.63, 3.8) is 0 Å². The number of ether oxygens (including phenoxy) is 1. The van der Waals surface area contributed by atoms with E-state index in [4.69, 9.17) is 16.3 Å². The average Bonchev–Trinajstić information content (AvgIpc) is 3.30. The summed E-state index contributed by atoms with van der Waals surface area (Å²) in [6.45, 7) is 2.23. The number of benzene rings is 1. The van der Waals surface area contributed by atoms with Gasteiger partial charge in [0.1, 0.15) is 11.6 Å². The Hall–Kier alpha value is -3.66. The number of nitrogens with one attached hydrogen (secondary N) is 1. The minimum absolute atomic E-state index is 0.256. The van der Waals surface area contributed by atoms with Crippen molar-refractivity contribution in [1.82, 2.24) is 25.0 Å². The first kappa shape index (κ1) is 23.5. The number of anilines is 1. The Morgan fingerprint density at radius 2 is 1.91 bits per heavy atom. The molecule has 2 aromatic heterocycles. The lowest BCUT2D eigenvalue weighted by atomic mass is 9.98. The molecule has 3 aromatic rings. The largest absolute Gasteiger partial charge is 0.489 e. The molecule has 10 heteroatoms. The van der Waals surface area contributed by atoms with Gasteiger partial charge in [0.2, 0.25) is 0 Å². The predicted octanol–water partition coefficient (Wildman–Crippen LogP) is 3.37. The van der Waals surface area contributed by atoms with Gasteiger partial charge in [-0.1, -0.05) is 6.42 Å². The molecule has 0 radical (unpaired) electrons. The summed E-state index contributed by atoms with van der Waals surface area (Å²) in [5.74, 6) is 7.07. The molecular formula is C24H31FN8O. The van der Waals surface area contributed by atoms with E-state index in [1.807, 2.05) is 19.1 Å². The summed E-state index contributed by atoms with van der Waals surface area (Å²) >= 11 is 0. The van der Waals surface area contributed by atoms with Gasteiger partial charge in [0.15, 0.2) is 5.82 Å². The standard InChI is InChI=1S/C24H31FN8O/c1-16-22(34-19-6-4-3-5-7-19)13-12-20(30-16)24(26)21(32(2)27)14-28-23-15-29-33(31-23)18-10-8-17(25)9-11-18/h8-13,15,19H,3-7,14,26-27H2,1-2H3,(H,28,31)/b24-21-. The lowest BCUT2D eigenvalue weighted by Crippen LogP contribution is -2.32. The van der Waals surface area contributed by atoms with Crippen LogP contribution in [-0.4, -0.2) is 44.7 Å². The van der Waals surface area contributed by atoms with E-state index in [-0.39, 0.29) is 11.9 Å². The van der Waals surface area contributed by atoms with Crippen molar-refractivity contribution in [3.05, 3.63) is 65.5 Å². The topological polar surface area (TPSA) is 120 Å². The minimum atomic E-state index is -0.317. The van der Waals surface area contributed by atoms with E-state index in [1.165, 1.54) is 41.2 Å². The summed E-state index contributed by atoms with van der Waals surface area (Å²) < 4.78 is 19.3. The molecule has 34 heavy (non-hydrogen) atoms. The fraction of sp³-hybridized carbons (Fsp3) is 0.375. The van der Waals surface area contributed by atoms with Crippen LogP contribution in [0.5, 0.6) is 5.75 Å². The van der Waals surface area contributed by atoms with Crippen LogP contribution >= 0.6 is 0 Å². The molecule has 2 heterocycles. The van der Waals surface area contributed by atoms with Crippen LogP contribution in [0.2, 0.25) is 0 Å². The van der Waals surface area contributed by atoms with Crippen molar-refractivity contribution in [1.29, 1.82) is 0 Å². The number of hydrazine groups is 1. The summed E-state index contributed by atoms with van der Waals surface area (Å²) in [6.07, 6.45) is 7.71. The Labute approximate surface area is 198 Å². The minimum Gasteiger partial charge on any atom is -0.489 e. The maximum Gasteiger partial charge on any atom is 0.169 e. The lowest BCUT2D eigenvalue weighted by Gasteiger charge is -2.24. The number of nitrogens with two attached hydrogens (primary N) is 2. The number of rotatable bonds is 8. The van der Waals surface area contributed by atoms with Gasteiger partial charge in [0.25, 0.3) is 0 Å². The smallest absolute Gasteiger partial charge is 0.169 e. The molecule has 0 unspecified atom stereocenters. The van der Waals surface area contributed by atoms with Crippen LogP contribution in [-0.2, 0) is 0 Å². The lowest BCUT2D eigenvalue weighted by molar-refractivity contribution is 0.153. The number of hydrogen-bond acceptors (Lipinski definition) is 8. The van der Waals surface area contributed by atoms with Crippen molar-refractivity contribution < 1.29 is 9.13 Å². The zero-order valence-electron chi connectivity index (χ0n) is 19.5. The summed E-state index contributed by atoms with van der Waals surface area (Å²) in [7, 11) is 1.71. The molecule has 1 aliphatic carbocycles. The van der Waals surface area contributed by atoms with E-state index < -0.39 is 0 Å². The van der Waals surface area contributed by atoms with Gasteiger partial charge in [-0.2, -0.15) is 5.10 Å². The third-order valence-electron chi connectivity index (χ3n) is 5.88. The first-order valence-electron chi connectivity index (χ1n) is 11.4. The van der Waals surface area contributed by atoms with Gasteiger partial charge in [-0.25, -0.2) is 15.2 Å². The van der Waals surface area contributed by atoms with Crippen molar-refractivity contribution >= 4 is 11.5 Å². The van der Waals surface area contributed by atoms with E-state index in [2.05, 4.69) is 20.5 Å². The van der Waals surface area contributed by atoms with Crippen molar-refractivity contribution in [2.24, 2.45) is 11.6 Å². The van der Waals surface area contributed by atoms with Crippen LogP contribution in [0.25, 0.3) is 11.4 Å². The molecular weight excluding hydrogens is 435 g/mol. The van der Waals surface area contributed by atoms with E-state index in [0.29, 0.717) is 35.1 Å². The van der Waals surface area contributed by atoms with Crippen LogP contribution in [0, 0.1) is 12.7 Å². The number of aryl methyl sites for hydroxylation is 1. The third-order valence-corrected chi connectivity index (χ3v) is 5.88. The van der Waals surface area contributed by atoms with E-state index in [0.717, 1.165) is 24.3 Å². The van der Waals surface area contributed by atoms with Crippen LogP contribution < -0.4 is 21.6 Å². The molecule has 0 saturated heterocycles. The fourth-order valence-corrected chi connectivity index (χ4v) is 3.96. The Bertz CT molecular complexity index is 1140. The Balaban J connectivity index is 1.46. The number of halogens is 1. The molecule has 1 fully saturated rings. The Kier molecular flexibility index (Phi) is 7.27. The molecule has 0 amide bonds. The van der Waals surface area contributed by atoms with E-state index >= 15 is 0 Å². The third kappa shape index (κ3) is 5.63. The van der Waals surface area contributed by atoms with Crippen LogP contribution in [0.15, 0.2) is 48.3 Å². The summed E-state index contributed by atoms with van der Waals surface area (Å²) in [5.41, 5.74) is 9.62. The quantitative estimate of drug-likeness (QED) is 0.341. The van der Waals surface area contributed by atoms with E-state index in [9.17, 15) is 4.39 Å². The van der Waals surface area contributed by atoms with Gasteiger partial charge in [0, 0.05) is 7.05 Å². The second kappa shape index (κ2) is 10.5. The normalized spacial score (nSPS) is 15.1. The highest BCUT2D eigenvalue weighted by Crippen LogP contribution is 2.26. The molecule has 0 aliphatic heterocycles. The van der Waals surface area contributed by atoms with Gasteiger partial charge in [-0.3, -0.25) is 0 Å². The SMILES string of the molecule is Cc1nc(/C(N)=C(\CNc2cnn(-c3ccc(F)cc3)n2)N(C)N)ccc1OC1CCCCC1. The average molecular weight is 467 g/mol. The number of pyridine rings is 1. The highest BCUT2D eigenvalue weighted by molar-refractivity contribution is 5.64. The molecule has 180 valence electrons. The Morgan fingerprint density at radius 1 is 1.18 bits per heavy atom. The van der Waals surface area contributed by atoms with Gasteiger partial charge in [-0.15, -0.1) is 9.90 Å². The fourth-order valence-electron chi connectivity index (χ4n) is 3.96. The Morgan fingerprint density at radius 3 is 2.59 bits per heavy atom. The molecule has 0 spiro atoms. The summed E-state index contributed by atoms with van der Waals surface area (Å²) in [4.78, 5) is 6.08. The maximum absolute atomic E-state index is 13.2. The van der Waals surface area contributed by atoms with Gasteiger partial charge < -0.3 is 20.8 Å². The zero-order valence-corrected chi connectivity index (χ0v) is 19.5. The molecule has 1 aliphatic rings. The van der Waals surface area contributed by atoms with Crippen LogP contribution in [0.1, 0.15) is 43.5 Å². The number of hydrogen-bond donors (Lipinski definition) is 3. The molecule has 5 N–H and O–H groups in total. The van der Waals surface area contributed by atoms with Gasteiger partial charge in [-0.05, 0) is 69.0 Å². The highest BCUT2D eigenvalue weighted by atomic mass is 19.1. The first-order valence-corrected chi connectivity index (χ1v) is 11.4. The first-order chi connectivity index (χ1) is 16.4. The van der Waals surface area contributed by atoms with Gasteiger partial charge >= 0.3 is 0 Å². The van der Waals surface area contributed by atoms with Crippen LogP contribution in [0.4, 0.5) is 10.2 Å². The predicted molar refractivity (Wildman–Crippen MR) is 129 cm³/mol. The molecule has 9 nitrogen and oxygen atoms in total. The molecule has 0 bridgehead atoms. The highest BCUT2D eigenvalue weighted by Gasteiger charge is 2.17. The summed E-state index contributed by atoms with van der Waals surface area (Å²) in [5, 5.41) is 13.2. The number of aromatic nitrogens is 4. The maximum atomic E-state index is 13.2. The van der Waals surface area contributed by atoms with Gasteiger partial charge in [0.05, 0.1) is 47.3 Å². The second-order valence-electron chi connectivity index (χ2n) is 8.48. The summed E-state index contributed by atoms with van der Waals surface area (Å²) in [6, 6.07) is 9.70. The van der Waals surface area contributed by atoms with Crippen LogP contribution in [0.3, 0.4) is 0 Å². The van der Waals surface area contributed by atoms with Crippen molar-refractivity contribution in [2.45, 2.75) is 45.1 Å².